The molecular weight excluding hydrogens is 219 g/mol. The van der Waals surface area contributed by atoms with Crippen LogP contribution in [0.2, 0.25) is 0 Å². The van der Waals surface area contributed by atoms with E-state index >= 15 is 0 Å². The molecule has 3 N–H and O–H groups in total. The molecule has 0 aromatic carbocycles. The van der Waals surface area contributed by atoms with Crippen molar-refractivity contribution in [3.63, 3.8) is 0 Å². The fraction of sp³-hybridized carbons (Fsp3) is 0.556. The molecule has 0 unspecified atom stereocenters. The average Bonchev–Trinajstić information content (AvgIpc) is 2.59. The van der Waals surface area contributed by atoms with Crippen molar-refractivity contribution in [1.29, 1.82) is 0 Å². The van der Waals surface area contributed by atoms with Gasteiger partial charge in [0.15, 0.2) is 0 Å². The zero-order chi connectivity index (χ0) is 11.7. The van der Waals surface area contributed by atoms with Crippen LogP contribution in [0.5, 0.6) is 0 Å². The molecule has 2 heterocycles. The molecule has 1 fully saturated rings. The van der Waals surface area contributed by atoms with Gasteiger partial charge in [0.2, 0.25) is 5.95 Å². The highest BCUT2D eigenvalue weighted by atomic mass is 19.1. The Morgan fingerprint density at radius 1 is 1.69 bits per heavy atom. The van der Waals surface area contributed by atoms with Crippen molar-refractivity contribution >= 4 is 0 Å². The van der Waals surface area contributed by atoms with Crippen LogP contribution in [0.3, 0.4) is 0 Å². The van der Waals surface area contributed by atoms with E-state index in [0.29, 0.717) is 0 Å². The minimum absolute atomic E-state index is 0.0783. The molecule has 1 aromatic heterocycles. The molecule has 0 aliphatic carbocycles. The van der Waals surface area contributed by atoms with Crippen molar-refractivity contribution in [2.75, 3.05) is 6.61 Å². The van der Waals surface area contributed by atoms with Gasteiger partial charge in [-0.15, -0.1) is 0 Å². The predicted octanol–water partition coefficient (Wildman–Crippen LogP) is -0.908. The first-order valence-electron chi connectivity index (χ1n) is 4.81. The van der Waals surface area contributed by atoms with Gasteiger partial charge < -0.3 is 14.9 Å². The maximum absolute atomic E-state index is 13.3. The molecule has 2 rings (SSSR count). The minimum atomic E-state index is -0.846. The number of ether oxygens (including phenoxy) is 1. The van der Waals surface area contributed by atoms with Crippen molar-refractivity contribution in [2.24, 2.45) is 0 Å². The van der Waals surface area contributed by atoms with Crippen LogP contribution in [0.4, 0.5) is 4.39 Å². The van der Waals surface area contributed by atoms with Crippen LogP contribution in [0.15, 0.2) is 11.0 Å². The van der Waals surface area contributed by atoms with Crippen molar-refractivity contribution in [3.05, 3.63) is 28.2 Å². The van der Waals surface area contributed by atoms with Crippen LogP contribution in [0.1, 0.15) is 18.1 Å². The molecule has 3 atom stereocenters. The van der Waals surface area contributed by atoms with E-state index in [2.05, 4.69) is 4.98 Å². The van der Waals surface area contributed by atoms with Crippen LogP contribution in [0.25, 0.3) is 0 Å². The number of aromatic nitrogens is 2. The SMILES string of the molecule is O=c1ncc([C@H]2C[C@@H](O)[C@@H](CO)O2)c(F)[nH]1. The number of H-pyrrole nitrogens is 1. The molecule has 0 spiro atoms. The van der Waals surface area contributed by atoms with Gasteiger partial charge in [0.1, 0.15) is 6.10 Å². The van der Waals surface area contributed by atoms with Gasteiger partial charge in [0.05, 0.1) is 24.4 Å². The van der Waals surface area contributed by atoms with Gasteiger partial charge in [0, 0.05) is 12.6 Å². The highest BCUT2D eigenvalue weighted by Gasteiger charge is 2.35. The first-order valence-corrected chi connectivity index (χ1v) is 4.81. The van der Waals surface area contributed by atoms with Crippen LogP contribution in [-0.2, 0) is 4.74 Å². The number of hydrogen-bond donors (Lipinski definition) is 3. The number of aliphatic hydroxyl groups excluding tert-OH is 2. The van der Waals surface area contributed by atoms with Crippen LogP contribution in [-0.4, -0.2) is 39.0 Å². The first-order chi connectivity index (χ1) is 7.61. The average molecular weight is 230 g/mol. The highest BCUT2D eigenvalue weighted by Crippen LogP contribution is 2.32. The summed E-state index contributed by atoms with van der Waals surface area (Å²) in [4.78, 5) is 16.0. The Labute approximate surface area is 89.7 Å². The lowest BCUT2D eigenvalue weighted by Crippen LogP contribution is -2.24. The molecule has 0 amide bonds. The zero-order valence-electron chi connectivity index (χ0n) is 8.26. The molecule has 1 aliphatic heterocycles. The van der Waals surface area contributed by atoms with E-state index in [1.165, 1.54) is 0 Å². The second-order valence-corrected chi connectivity index (χ2v) is 3.61. The summed E-state index contributed by atoms with van der Waals surface area (Å²) >= 11 is 0. The lowest BCUT2D eigenvalue weighted by molar-refractivity contribution is -0.0236. The number of nitrogens with zero attached hydrogens (tertiary/aromatic N) is 1. The Kier molecular flexibility index (Phi) is 2.99. The zero-order valence-corrected chi connectivity index (χ0v) is 8.26. The van der Waals surface area contributed by atoms with Crippen molar-refractivity contribution < 1.29 is 19.3 Å². The number of aromatic amines is 1. The summed E-state index contributed by atoms with van der Waals surface area (Å²) in [5.74, 6) is -0.823. The highest BCUT2D eigenvalue weighted by molar-refractivity contribution is 5.11. The van der Waals surface area contributed by atoms with Gasteiger partial charge in [-0.05, 0) is 0 Å². The third kappa shape index (κ3) is 1.97. The molecular formula is C9H11FN2O4. The molecule has 1 aliphatic rings. The number of nitrogens with one attached hydrogen (secondary N) is 1. The van der Waals surface area contributed by atoms with E-state index in [9.17, 15) is 14.3 Å². The Bertz CT molecular complexity index is 436. The molecule has 88 valence electrons. The van der Waals surface area contributed by atoms with Gasteiger partial charge in [-0.1, -0.05) is 0 Å². The van der Waals surface area contributed by atoms with E-state index in [4.69, 9.17) is 9.84 Å². The Morgan fingerprint density at radius 3 is 3.00 bits per heavy atom. The normalized spacial score (nSPS) is 29.6. The largest absolute Gasteiger partial charge is 0.394 e. The molecule has 16 heavy (non-hydrogen) atoms. The molecule has 0 saturated carbocycles. The van der Waals surface area contributed by atoms with Gasteiger partial charge in [0.25, 0.3) is 0 Å². The molecule has 1 saturated heterocycles. The Balaban J connectivity index is 2.23. The Morgan fingerprint density at radius 2 is 2.44 bits per heavy atom. The topological polar surface area (TPSA) is 95.4 Å². The van der Waals surface area contributed by atoms with Crippen LogP contribution in [0, 0.1) is 5.95 Å². The number of halogens is 1. The lowest BCUT2D eigenvalue weighted by atomic mass is 10.1. The lowest BCUT2D eigenvalue weighted by Gasteiger charge is -2.11. The maximum Gasteiger partial charge on any atom is 0.347 e. The fourth-order valence-electron chi connectivity index (χ4n) is 1.70. The minimum Gasteiger partial charge on any atom is -0.394 e. The van der Waals surface area contributed by atoms with Crippen LogP contribution >= 0.6 is 0 Å². The number of hydrogen-bond acceptors (Lipinski definition) is 5. The van der Waals surface area contributed by atoms with Crippen molar-refractivity contribution in [3.8, 4) is 0 Å². The second-order valence-electron chi connectivity index (χ2n) is 3.61. The first kappa shape index (κ1) is 11.2. The fourth-order valence-corrected chi connectivity index (χ4v) is 1.70. The standard InChI is InChI=1S/C9H11FN2O4/c10-8-4(2-11-9(15)12-8)6-1-5(14)7(3-13)16-6/h2,5-7,13-14H,1,3H2,(H,11,12,15)/t5-,6-,7-/m1/s1. The summed E-state index contributed by atoms with van der Waals surface area (Å²) in [6, 6.07) is 0. The quantitative estimate of drug-likeness (QED) is 0.572. The van der Waals surface area contributed by atoms with Crippen molar-refractivity contribution in [1.82, 2.24) is 9.97 Å². The number of rotatable bonds is 2. The summed E-state index contributed by atoms with van der Waals surface area (Å²) in [6.07, 6.45) is -1.03. The second kappa shape index (κ2) is 4.28. The summed E-state index contributed by atoms with van der Waals surface area (Å²) in [5.41, 5.74) is -0.701. The Hall–Kier alpha value is -1.31. The third-order valence-corrected chi connectivity index (χ3v) is 2.54. The molecule has 0 bridgehead atoms. The number of aliphatic hydroxyl groups is 2. The smallest absolute Gasteiger partial charge is 0.347 e. The van der Waals surface area contributed by atoms with E-state index < -0.39 is 29.9 Å². The predicted molar refractivity (Wildman–Crippen MR) is 50.1 cm³/mol. The van der Waals surface area contributed by atoms with E-state index in [0.717, 1.165) is 6.20 Å². The summed E-state index contributed by atoms with van der Waals surface area (Å²) in [5, 5.41) is 18.3. The monoisotopic (exact) mass is 230 g/mol. The van der Waals surface area contributed by atoms with Gasteiger partial charge in [-0.2, -0.15) is 4.39 Å². The van der Waals surface area contributed by atoms with Gasteiger partial charge in [-0.25, -0.2) is 9.78 Å². The third-order valence-electron chi connectivity index (χ3n) is 2.54. The summed E-state index contributed by atoms with van der Waals surface area (Å²) < 4.78 is 18.6. The molecule has 1 aromatic rings. The molecule has 6 nitrogen and oxygen atoms in total. The maximum atomic E-state index is 13.3. The van der Waals surface area contributed by atoms with Gasteiger partial charge >= 0.3 is 5.69 Å². The van der Waals surface area contributed by atoms with E-state index in [1.54, 1.807) is 0 Å². The summed E-state index contributed by atoms with van der Waals surface area (Å²) in [6.45, 7) is -0.337. The molecule has 0 radical (unpaired) electrons. The van der Waals surface area contributed by atoms with Crippen molar-refractivity contribution in [2.45, 2.75) is 24.7 Å². The van der Waals surface area contributed by atoms with Gasteiger partial charge in [-0.3, -0.25) is 4.98 Å². The van der Waals surface area contributed by atoms with E-state index in [1.807, 2.05) is 4.98 Å². The van der Waals surface area contributed by atoms with Crippen LogP contribution < -0.4 is 5.69 Å². The molecule has 7 heteroatoms. The summed E-state index contributed by atoms with van der Waals surface area (Å²) in [7, 11) is 0. The van der Waals surface area contributed by atoms with E-state index in [-0.39, 0.29) is 18.6 Å².